The van der Waals surface area contributed by atoms with Crippen molar-refractivity contribution in [2.75, 3.05) is 24.5 Å². The molecule has 1 fully saturated rings. The van der Waals surface area contributed by atoms with Crippen molar-refractivity contribution in [2.45, 2.75) is 32.9 Å². The van der Waals surface area contributed by atoms with E-state index in [1.54, 1.807) is 0 Å². The molecule has 1 aliphatic heterocycles. The number of aromatic nitrogens is 2. The third-order valence-corrected chi connectivity index (χ3v) is 3.36. The topological polar surface area (TPSA) is 32.3 Å². The second-order valence-electron chi connectivity index (χ2n) is 4.63. The predicted molar refractivity (Wildman–Crippen MR) is 65.5 cm³/mol. The molecule has 0 aliphatic carbocycles. The van der Waals surface area contributed by atoms with Crippen LogP contribution in [0.4, 0.5) is 10.3 Å². The molecule has 1 saturated heterocycles. The van der Waals surface area contributed by atoms with Gasteiger partial charge in [0.05, 0.1) is 12.4 Å². The van der Waals surface area contributed by atoms with E-state index in [2.05, 4.69) is 40.5 Å². The van der Waals surface area contributed by atoms with Gasteiger partial charge in [-0.25, -0.2) is 14.4 Å². The van der Waals surface area contributed by atoms with Gasteiger partial charge in [0.1, 0.15) is 0 Å². The second-order valence-corrected chi connectivity index (χ2v) is 4.63. The van der Waals surface area contributed by atoms with E-state index >= 15 is 0 Å². The SMILES string of the molecule is CCN1[C@H](C)CN(c2ncc(F)cn2)C[C@@H]1C. The van der Waals surface area contributed by atoms with Gasteiger partial charge in [0.15, 0.2) is 5.82 Å². The highest BCUT2D eigenvalue weighted by Crippen LogP contribution is 2.18. The van der Waals surface area contributed by atoms with Gasteiger partial charge in [-0.3, -0.25) is 4.90 Å². The van der Waals surface area contributed by atoms with Crippen LogP contribution in [0, 0.1) is 5.82 Å². The summed E-state index contributed by atoms with van der Waals surface area (Å²) in [6.07, 6.45) is 2.45. The minimum absolute atomic E-state index is 0.387. The van der Waals surface area contributed by atoms with Crippen LogP contribution in [-0.2, 0) is 0 Å². The van der Waals surface area contributed by atoms with E-state index in [-0.39, 0.29) is 5.82 Å². The molecule has 1 aromatic rings. The molecule has 0 unspecified atom stereocenters. The zero-order valence-electron chi connectivity index (χ0n) is 10.6. The Balaban J connectivity index is 2.11. The number of piperazine rings is 1. The lowest BCUT2D eigenvalue weighted by Gasteiger charge is -2.43. The molecular weight excluding hydrogens is 219 g/mol. The Bertz CT molecular complexity index is 355. The maximum absolute atomic E-state index is 12.8. The Kier molecular flexibility index (Phi) is 3.57. The van der Waals surface area contributed by atoms with Crippen molar-refractivity contribution in [2.24, 2.45) is 0 Å². The van der Waals surface area contributed by atoms with Crippen LogP contribution in [0.25, 0.3) is 0 Å². The Hall–Kier alpha value is -1.23. The van der Waals surface area contributed by atoms with Gasteiger partial charge in [0.25, 0.3) is 0 Å². The first-order valence-electron chi connectivity index (χ1n) is 6.10. The van der Waals surface area contributed by atoms with Crippen LogP contribution in [0.2, 0.25) is 0 Å². The lowest BCUT2D eigenvalue weighted by molar-refractivity contribution is 0.139. The average molecular weight is 238 g/mol. The summed E-state index contributed by atoms with van der Waals surface area (Å²) in [7, 11) is 0. The molecule has 0 spiro atoms. The summed E-state index contributed by atoms with van der Waals surface area (Å²) in [5.41, 5.74) is 0. The van der Waals surface area contributed by atoms with E-state index in [0.717, 1.165) is 19.6 Å². The maximum Gasteiger partial charge on any atom is 0.225 e. The number of nitrogens with zero attached hydrogens (tertiary/aromatic N) is 4. The van der Waals surface area contributed by atoms with E-state index in [9.17, 15) is 4.39 Å². The number of rotatable bonds is 2. The third kappa shape index (κ3) is 2.54. The van der Waals surface area contributed by atoms with Crippen LogP contribution in [0.15, 0.2) is 12.4 Å². The van der Waals surface area contributed by atoms with E-state index in [4.69, 9.17) is 0 Å². The van der Waals surface area contributed by atoms with Crippen LogP contribution in [0.3, 0.4) is 0 Å². The molecule has 2 atom stereocenters. The normalized spacial score (nSPS) is 26.2. The standard InChI is InChI=1S/C12H19FN4/c1-4-17-9(2)7-16(8-10(17)3)12-14-5-11(13)6-15-12/h5-6,9-10H,4,7-8H2,1-3H3/t9-,10+. The summed E-state index contributed by atoms with van der Waals surface area (Å²) in [5.74, 6) is 0.239. The Morgan fingerprint density at radius 3 is 2.24 bits per heavy atom. The zero-order valence-corrected chi connectivity index (χ0v) is 10.6. The van der Waals surface area contributed by atoms with Gasteiger partial charge in [0, 0.05) is 25.2 Å². The van der Waals surface area contributed by atoms with Crippen molar-refractivity contribution in [3.63, 3.8) is 0 Å². The number of hydrogen-bond acceptors (Lipinski definition) is 4. The van der Waals surface area contributed by atoms with Gasteiger partial charge in [-0.15, -0.1) is 0 Å². The van der Waals surface area contributed by atoms with Gasteiger partial charge >= 0.3 is 0 Å². The molecule has 17 heavy (non-hydrogen) atoms. The minimum atomic E-state index is -0.387. The molecule has 2 heterocycles. The lowest BCUT2D eigenvalue weighted by Crippen LogP contribution is -2.56. The molecule has 5 heteroatoms. The molecule has 0 N–H and O–H groups in total. The molecule has 4 nitrogen and oxygen atoms in total. The highest BCUT2D eigenvalue weighted by atomic mass is 19.1. The highest BCUT2D eigenvalue weighted by Gasteiger charge is 2.29. The zero-order chi connectivity index (χ0) is 12.4. The minimum Gasteiger partial charge on any atom is -0.338 e. The van der Waals surface area contributed by atoms with Gasteiger partial charge in [-0.2, -0.15) is 0 Å². The van der Waals surface area contributed by atoms with Gasteiger partial charge in [-0.05, 0) is 20.4 Å². The lowest BCUT2D eigenvalue weighted by atomic mass is 10.1. The van der Waals surface area contributed by atoms with Crippen LogP contribution >= 0.6 is 0 Å². The quantitative estimate of drug-likeness (QED) is 0.782. The van der Waals surface area contributed by atoms with Crippen LogP contribution in [0.5, 0.6) is 0 Å². The summed E-state index contributed by atoms with van der Waals surface area (Å²) in [6, 6.07) is 0.940. The van der Waals surface area contributed by atoms with Crippen LogP contribution < -0.4 is 4.90 Å². The van der Waals surface area contributed by atoms with Crippen molar-refractivity contribution >= 4 is 5.95 Å². The Labute approximate surface area is 101 Å². The molecule has 0 aromatic carbocycles. The molecule has 0 radical (unpaired) electrons. The van der Waals surface area contributed by atoms with Crippen molar-refractivity contribution < 1.29 is 4.39 Å². The first-order valence-corrected chi connectivity index (χ1v) is 6.10. The molecule has 0 amide bonds. The monoisotopic (exact) mass is 238 g/mol. The fourth-order valence-corrected chi connectivity index (χ4v) is 2.61. The van der Waals surface area contributed by atoms with E-state index < -0.39 is 0 Å². The second kappa shape index (κ2) is 4.96. The van der Waals surface area contributed by atoms with Crippen molar-refractivity contribution in [1.82, 2.24) is 14.9 Å². The van der Waals surface area contributed by atoms with Gasteiger partial charge in [0.2, 0.25) is 5.95 Å². The number of anilines is 1. The predicted octanol–water partition coefficient (Wildman–Crippen LogP) is 1.53. The molecule has 94 valence electrons. The molecule has 0 bridgehead atoms. The average Bonchev–Trinajstić information content (AvgIpc) is 2.29. The van der Waals surface area contributed by atoms with Gasteiger partial charge < -0.3 is 4.90 Å². The third-order valence-electron chi connectivity index (χ3n) is 3.36. The number of likely N-dealkylation sites (N-methyl/N-ethyl adjacent to an activating group) is 1. The van der Waals surface area contributed by atoms with Crippen LogP contribution in [-0.4, -0.2) is 46.6 Å². The molecular formula is C12H19FN4. The summed E-state index contributed by atoms with van der Waals surface area (Å²) < 4.78 is 12.8. The molecule has 1 aromatic heterocycles. The number of hydrogen-bond donors (Lipinski definition) is 0. The van der Waals surface area contributed by atoms with Crippen molar-refractivity contribution in [3.05, 3.63) is 18.2 Å². The molecule has 1 aliphatic rings. The number of halogens is 1. The summed E-state index contributed by atoms with van der Waals surface area (Å²) in [4.78, 5) is 12.7. The van der Waals surface area contributed by atoms with Crippen LogP contribution in [0.1, 0.15) is 20.8 Å². The molecule has 2 rings (SSSR count). The molecule has 0 saturated carbocycles. The van der Waals surface area contributed by atoms with E-state index in [1.807, 2.05) is 0 Å². The maximum atomic E-state index is 12.8. The summed E-state index contributed by atoms with van der Waals surface area (Å²) >= 11 is 0. The van der Waals surface area contributed by atoms with E-state index in [0.29, 0.717) is 18.0 Å². The Morgan fingerprint density at radius 2 is 1.76 bits per heavy atom. The fourth-order valence-electron chi connectivity index (χ4n) is 2.61. The first kappa shape index (κ1) is 12.2. The van der Waals surface area contributed by atoms with Crippen molar-refractivity contribution in [3.8, 4) is 0 Å². The smallest absolute Gasteiger partial charge is 0.225 e. The Morgan fingerprint density at radius 1 is 1.24 bits per heavy atom. The first-order chi connectivity index (χ1) is 8.11. The fraction of sp³-hybridized carbons (Fsp3) is 0.667. The summed E-state index contributed by atoms with van der Waals surface area (Å²) in [6.45, 7) is 9.43. The van der Waals surface area contributed by atoms with Gasteiger partial charge in [-0.1, -0.05) is 6.92 Å². The van der Waals surface area contributed by atoms with E-state index in [1.165, 1.54) is 12.4 Å². The highest BCUT2D eigenvalue weighted by molar-refractivity contribution is 5.30. The summed E-state index contributed by atoms with van der Waals surface area (Å²) in [5, 5.41) is 0. The van der Waals surface area contributed by atoms with Crippen molar-refractivity contribution in [1.29, 1.82) is 0 Å². The largest absolute Gasteiger partial charge is 0.338 e.